The second-order valence-corrected chi connectivity index (χ2v) is 5.36. The van der Waals surface area contributed by atoms with Crippen LogP contribution in [0.25, 0.3) is 0 Å². The minimum atomic E-state index is -1.67. The van der Waals surface area contributed by atoms with Crippen LogP contribution in [0.5, 0.6) is 0 Å². The molecule has 0 aromatic heterocycles. The van der Waals surface area contributed by atoms with Crippen LogP contribution < -0.4 is 0 Å². The molecule has 1 N–H and O–H groups in total. The second kappa shape index (κ2) is 6.93. The number of rotatable bonds is 4. The zero-order valence-corrected chi connectivity index (χ0v) is 12.4. The quantitative estimate of drug-likeness (QED) is 0.618. The Morgan fingerprint density at radius 2 is 2.11 bits per heavy atom. The number of hydrogen-bond donors (Lipinski definition) is 1. The van der Waals surface area contributed by atoms with Crippen molar-refractivity contribution in [3.63, 3.8) is 0 Å². The first-order valence-electron chi connectivity index (χ1n) is 7.00. The molecule has 1 saturated heterocycles. The number of nitrogens with zero attached hydrogens (tertiary/aromatic N) is 1. The number of esters is 1. The normalized spacial score (nSPS) is 21.9. The molecule has 0 unspecified atom stereocenters. The molecule has 0 saturated carbocycles. The molecular formula is C15H25NO3. The van der Waals surface area contributed by atoms with Crippen LogP contribution in [0.1, 0.15) is 40.0 Å². The van der Waals surface area contributed by atoms with Gasteiger partial charge in [0, 0.05) is 19.0 Å². The predicted molar refractivity (Wildman–Crippen MR) is 74.5 cm³/mol. The summed E-state index contributed by atoms with van der Waals surface area (Å²) in [6, 6.07) is 0. The number of aliphatic hydroxyl groups is 1. The average molecular weight is 267 g/mol. The fourth-order valence-electron chi connectivity index (χ4n) is 2.21. The van der Waals surface area contributed by atoms with Crippen LogP contribution in [0.2, 0.25) is 0 Å². The Morgan fingerprint density at radius 3 is 2.58 bits per heavy atom. The van der Waals surface area contributed by atoms with Crippen molar-refractivity contribution in [1.82, 2.24) is 4.90 Å². The number of carbonyl (C=O) groups excluding carboxylic acids is 1. The predicted octanol–water partition coefficient (Wildman–Crippen LogP) is 1.42. The number of carbonyl (C=O) groups is 1. The van der Waals surface area contributed by atoms with Gasteiger partial charge in [-0.15, -0.1) is 5.92 Å². The van der Waals surface area contributed by atoms with Crippen molar-refractivity contribution < 1.29 is 14.6 Å². The van der Waals surface area contributed by atoms with Crippen LogP contribution in [0.3, 0.4) is 0 Å². The zero-order chi connectivity index (χ0) is 14.5. The van der Waals surface area contributed by atoms with E-state index >= 15 is 0 Å². The van der Waals surface area contributed by atoms with E-state index in [-0.39, 0.29) is 12.0 Å². The third kappa shape index (κ3) is 3.95. The minimum absolute atomic E-state index is 0.0991. The number of likely N-dealkylation sites (tertiary alicyclic amines) is 1. The largest absolute Gasteiger partial charge is 0.459 e. The molecule has 108 valence electrons. The van der Waals surface area contributed by atoms with E-state index in [4.69, 9.17) is 4.74 Å². The zero-order valence-electron chi connectivity index (χ0n) is 12.4. The third-order valence-electron chi connectivity index (χ3n) is 3.89. The lowest BCUT2D eigenvalue weighted by atomic mass is 9.87. The summed E-state index contributed by atoms with van der Waals surface area (Å²) in [5.41, 5.74) is -1.67. The van der Waals surface area contributed by atoms with E-state index in [9.17, 15) is 9.90 Å². The van der Waals surface area contributed by atoms with Gasteiger partial charge in [0.15, 0.2) is 0 Å². The Balaban J connectivity index is 2.69. The molecule has 1 heterocycles. The van der Waals surface area contributed by atoms with Gasteiger partial charge in [-0.1, -0.05) is 19.8 Å². The van der Waals surface area contributed by atoms with Gasteiger partial charge in [-0.05, 0) is 33.2 Å². The topological polar surface area (TPSA) is 49.8 Å². The van der Waals surface area contributed by atoms with E-state index in [0.29, 0.717) is 6.42 Å². The van der Waals surface area contributed by atoms with Gasteiger partial charge in [-0.25, -0.2) is 4.79 Å². The monoisotopic (exact) mass is 267 g/mol. The first kappa shape index (κ1) is 16.0. The molecule has 0 aromatic rings. The molecule has 4 nitrogen and oxygen atoms in total. The lowest BCUT2D eigenvalue weighted by molar-refractivity contribution is -0.171. The van der Waals surface area contributed by atoms with E-state index in [1.165, 1.54) is 0 Å². The summed E-state index contributed by atoms with van der Waals surface area (Å²) in [4.78, 5) is 14.4. The lowest BCUT2D eigenvalue weighted by Gasteiger charge is -2.32. The summed E-state index contributed by atoms with van der Waals surface area (Å²) in [6.45, 7) is 7.20. The van der Waals surface area contributed by atoms with Crippen LogP contribution in [0.4, 0.5) is 0 Å². The molecule has 4 heteroatoms. The van der Waals surface area contributed by atoms with E-state index in [2.05, 4.69) is 23.8 Å². The summed E-state index contributed by atoms with van der Waals surface area (Å²) >= 11 is 0. The van der Waals surface area contributed by atoms with Crippen molar-refractivity contribution in [1.29, 1.82) is 0 Å². The number of hydrogen-bond acceptors (Lipinski definition) is 4. The van der Waals surface area contributed by atoms with Crippen molar-refractivity contribution >= 4 is 5.97 Å². The third-order valence-corrected chi connectivity index (χ3v) is 3.89. The second-order valence-electron chi connectivity index (χ2n) is 5.36. The molecule has 0 amide bonds. The highest BCUT2D eigenvalue weighted by Gasteiger charge is 2.42. The molecule has 0 radical (unpaired) electrons. The summed E-state index contributed by atoms with van der Waals surface area (Å²) in [7, 11) is 2.05. The number of ether oxygens (including phenoxy) is 1. The molecule has 1 aliphatic heterocycles. The fourth-order valence-corrected chi connectivity index (χ4v) is 2.21. The highest BCUT2D eigenvalue weighted by molar-refractivity contribution is 5.84. The van der Waals surface area contributed by atoms with Gasteiger partial charge in [0.1, 0.15) is 6.10 Å². The molecule has 0 spiro atoms. The Hall–Kier alpha value is -1.05. The van der Waals surface area contributed by atoms with Gasteiger partial charge in [0.2, 0.25) is 5.60 Å². The van der Waals surface area contributed by atoms with Gasteiger partial charge in [0.05, 0.1) is 0 Å². The molecule has 19 heavy (non-hydrogen) atoms. The summed E-state index contributed by atoms with van der Waals surface area (Å²) < 4.78 is 5.46. The Morgan fingerprint density at radius 1 is 1.53 bits per heavy atom. The Labute approximate surface area is 116 Å². The first-order chi connectivity index (χ1) is 8.93. The smallest absolute Gasteiger partial charge is 0.351 e. The SMILES string of the molecule is CC#C[C@@](O)(C(=O)OC1CCN(C)CC1)[C@@H](C)CC. The minimum Gasteiger partial charge on any atom is -0.459 e. The molecule has 0 aromatic carbocycles. The van der Waals surface area contributed by atoms with E-state index in [1.807, 2.05) is 13.8 Å². The standard InChI is InChI=1S/C15H25NO3/c1-5-9-15(18,12(3)6-2)14(17)19-13-7-10-16(4)11-8-13/h12-13,18H,6-8,10-11H2,1-4H3/t12-,15-/m0/s1. The van der Waals surface area contributed by atoms with Gasteiger partial charge in [-0.2, -0.15) is 0 Å². The fraction of sp³-hybridized carbons (Fsp3) is 0.800. The summed E-state index contributed by atoms with van der Waals surface area (Å²) in [5, 5.41) is 10.5. The molecule has 0 bridgehead atoms. The molecule has 0 aliphatic carbocycles. The maximum Gasteiger partial charge on any atom is 0.351 e. The van der Waals surface area contributed by atoms with Crippen LogP contribution in [-0.2, 0) is 9.53 Å². The summed E-state index contributed by atoms with van der Waals surface area (Å²) in [6.07, 6.45) is 2.21. The Kier molecular flexibility index (Phi) is 5.84. The van der Waals surface area contributed by atoms with Crippen molar-refractivity contribution in [2.45, 2.75) is 51.7 Å². The molecule has 1 fully saturated rings. The van der Waals surface area contributed by atoms with Gasteiger partial charge in [-0.3, -0.25) is 0 Å². The highest BCUT2D eigenvalue weighted by atomic mass is 16.6. The first-order valence-corrected chi connectivity index (χ1v) is 7.00. The van der Waals surface area contributed by atoms with E-state index < -0.39 is 11.6 Å². The van der Waals surface area contributed by atoms with Crippen molar-refractivity contribution in [2.75, 3.05) is 20.1 Å². The van der Waals surface area contributed by atoms with Crippen LogP contribution in [0.15, 0.2) is 0 Å². The highest BCUT2D eigenvalue weighted by Crippen LogP contribution is 2.24. The lowest BCUT2D eigenvalue weighted by Crippen LogP contribution is -2.47. The van der Waals surface area contributed by atoms with Gasteiger partial charge in [0.25, 0.3) is 0 Å². The van der Waals surface area contributed by atoms with Crippen molar-refractivity contribution in [3.05, 3.63) is 0 Å². The van der Waals surface area contributed by atoms with Crippen molar-refractivity contribution in [2.24, 2.45) is 5.92 Å². The van der Waals surface area contributed by atoms with Crippen LogP contribution in [-0.4, -0.2) is 47.8 Å². The average Bonchev–Trinajstić information content (AvgIpc) is 2.40. The van der Waals surface area contributed by atoms with E-state index in [0.717, 1.165) is 25.9 Å². The van der Waals surface area contributed by atoms with Gasteiger partial charge >= 0.3 is 5.97 Å². The number of piperidine rings is 1. The summed E-state index contributed by atoms with van der Waals surface area (Å²) in [5.74, 6) is 4.44. The van der Waals surface area contributed by atoms with E-state index in [1.54, 1.807) is 6.92 Å². The maximum atomic E-state index is 12.2. The maximum absolute atomic E-state index is 12.2. The molecule has 1 aliphatic rings. The van der Waals surface area contributed by atoms with Crippen LogP contribution >= 0.6 is 0 Å². The molecule has 2 atom stereocenters. The van der Waals surface area contributed by atoms with Crippen LogP contribution in [0, 0.1) is 17.8 Å². The van der Waals surface area contributed by atoms with Gasteiger partial charge < -0.3 is 14.7 Å². The Bertz CT molecular complexity index is 363. The molecular weight excluding hydrogens is 242 g/mol. The van der Waals surface area contributed by atoms with Crippen molar-refractivity contribution in [3.8, 4) is 11.8 Å². The molecule has 1 rings (SSSR count).